The van der Waals surface area contributed by atoms with Gasteiger partial charge >= 0.3 is 0 Å². The smallest absolute Gasteiger partial charge is 0.273 e. The average molecular weight is 259 g/mol. The van der Waals surface area contributed by atoms with Crippen LogP contribution < -0.4 is 5.32 Å². The quantitative estimate of drug-likeness (QED) is 0.845. The Morgan fingerprint density at radius 3 is 2.65 bits per heavy atom. The van der Waals surface area contributed by atoms with Crippen LogP contribution in [-0.2, 0) is 0 Å². The zero-order valence-corrected chi connectivity index (χ0v) is 11.5. The SMILES string of the molecule is Cc1cc(C(=O)NC(CCCl)C(C)(C)C)no1. The molecule has 0 saturated heterocycles. The molecule has 1 unspecified atom stereocenters. The highest BCUT2D eigenvalue weighted by atomic mass is 35.5. The summed E-state index contributed by atoms with van der Waals surface area (Å²) in [5.41, 5.74) is 0.273. The number of hydrogen-bond donors (Lipinski definition) is 1. The molecule has 0 bridgehead atoms. The fraction of sp³-hybridized carbons (Fsp3) is 0.667. The zero-order valence-electron chi connectivity index (χ0n) is 10.7. The molecule has 4 nitrogen and oxygen atoms in total. The summed E-state index contributed by atoms with van der Waals surface area (Å²) in [4.78, 5) is 11.9. The predicted molar refractivity (Wildman–Crippen MR) is 67.3 cm³/mol. The lowest BCUT2D eigenvalue weighted by Gasteiger charge is -2.30. The molecule has 0 spiro atoms. The first-order valence-electron chi connectivity index (χ1n) is 5.64. The molecule has 1 aromatic rings. The molecule has 0 aliphatic carbocycles. The number of hydrogen-bond acceptors (Lipinski definition) is 3. The summed E-state index contributed by atoms with van der Waals surface area (Å²) < 4.78 is 4.88. The fourth-order valence-electron chi connectivity index (χ4n) is 1.54. The van der Waals surface area contributed by atoms with E-state index in [0.717, 1.165) is 6.42 Å². The molecule has 1 amide bonds. The van der Waals surface area contributed by atoms with E-state index >= 15 is 0 Å². The molecule has 0 fully saturated rings. The van der Waals surface area contributed by atoms with Crippen molar-refractivity contribution in [1.29, 1.82) is 0 Å². The van der Waals surface area contributed by atoms with Crippen LogP contribution in [-0.4, -0.2) is 23.0 Å². The third kappa shape index (κ3) is 4.04. The van der Waals surface area contributed by atoms with Crippen LogP contribution in [0.5, 0.6) is 0 Å². The number of carbonyl (C=O) groups is 1. The minimum Gasteiger partial charge on any atom is -0.361 e. The first kappa shape index (κ1) is 14.0. The molecular formula is C12H19ClN2O2. The minimum atomic E-state index is -0.216. The molecule has 1 atom stereocenters. The van der Waals surface area contributed by atoms with Crippen molar-refractivity contribution in [2.45, 2.75) is 40.2 Å². The molecule has 0 aromatic carbocycles. The molecule has 96 valence electrons. The number of aromatic nitrogens is 1. The second-order valence-corrected chi connectivity index (χ2v) is 5.57. The third-order valence-electron chi connectivity index (χ3n) is 2.61. The number of amides is 1. The number of rotatable bonds is 4. The average Bonchev–Trinajstić information content (AvgIpc) is 2.62. The lowest BCUT2D eigenvalue weighted by Crippen LogP contribution is -2.44. The van der Waals surface area contributed by atoms with Crippen LogP contribution >= 0.6 is 11.6 Å². The van der Waals surface area contributed by atoms with Crippen molar-refractivity contribution in [3.05, 3.63) is 17.5 Å². The van der Waals surface area contributed by atoms with Gasteiger partial charge < -0.3 is 9.84 Å². The van der Waals surface area contributed by atoms with Gasteiger partial charge in [0, 0.05) is 18.0 Å². The highest BCUT2D eigenvalue weighted by Crippen LogP contribution is 2.22. The van der Waals surface area contributed by atoms with E-state index in [1.54, 1.807) is 13.0 Å². The summed E-state index contributed by atoms with van der Waals surface area (Å²) in [5.74, 6) is 0.923. The van der Waals surface area contributed by atoms with Crippen molar-refractivity contribution in [1.82, 2.24) is 10.5 Å². The first-order chi connectivity index (χ1) is 7.84. The predicted octanol–water partition coefficient (Wildman–Crippen LogP) is 2.76. The Bertz CT molecular complexity index is 382. The molecule has 1 N–H and O–H groups in total. The Labute approximate surface area is 107 Å². The molecule has 0 radical (unpaired) electrons. The van der Waals surface area contributed by atoms with E-state index in [0.29, 0.717) is 17.3 Å². The van der Waals surface area contributed by atoms with Gasteiger partial charge in [-0.05, 0) is 18.8 Å². The van der Waals surface area contributed by atoms with Crippen LogP contribution in [0.15, 0.2) is 10.6 Å². The van der Waals surface area contributed by atoms with E-state index in [1.807, 2.05) is 0 Å². The van der Waals surface area contributed by atoms with Crippen LogP contribution in [0.4, 0.5) is 0 Å². The van der Waals surface area contributed by atoms with Gasteiger partial charge in [0.15, 0.2) is 5.69 Å². The maximum absolute atomic E-state index is 11.9. The van der Waals surface area contributed by atoms with Gasteiger partial charge in [-0.2, -0.15) is 0 Å². The third-order valence-corrected chi connectivity index (χ3v) is 2.83. The summed E-state index contributed by atoms with van der Waals surface area (Å²) in [6.45, 7) is 7.96. The van der Waals surface area contributed by atoms with Crippen molar-refractivity contribution in [3.63, 3.8) is 0 Å². The van der Waals surface area contributed by atoms with Crippen molar-refractivity contribution in [2.24, 2.45) is 5.41 Å². The maximum atomic E-state index is 11.9. The van der Waals surface area contributed by atoms with Crippen molar-refractivity contribution in [2.75, 3.05) is 5.88 Å². The topological polar surface area (TPSA) is 55.1 Å². The van der Waals surface area contributed by atoms with Gasteiger partial charge in [-0.25, -0.2) is 0 Å². The second-order valence-electron chi connectivity index (χ2n) is 5.19. The molecule has 5 heteroatoms. The Balaban J connectivity index is 2.71. The summed E-state index contributed by atoms with van der Waals surface area (Å²) >= 11 is 5.75. The standard InChI is InChI=1S/C12H19ClN2O2/c1-8-7-9(15-17-8)11(16)14-10(5-6-13)12(2,3)4/h7,10H,5-6H2,1-4H3,(H,14,16). The first-order valence-corrected chi connectivity index (χ1v) is 6.18. The summed E-state index contributed by atoms with van der Waals surface area (Å²) in [6, 6.07) is 1.64. The van der Waals surface area contributed by atoms with E-state index in [1.165, 1.54) is 0 Å². The number of halogens is 1. The molecule has 0 aliphatic heterocycles. The Morgan fingerprint density at radius 2 is 2.24 bits per heavy atom. The van der Waals surface area contributed by atoms with E-state index in [2.05, 4.69) is 31.2 Å². The molecular weight excluding hydrogens is 240 g/mol. The molecule has 1 rings (SSSR count). The fourth-order valence-corrected chi connectivity index (χ4v) is 1.75. The monoisotopic (exact) mass is 258 g/mol. The summed E-state index contributed by atoms with van der Waals surface area (Å²) in [7, 11) is 0. The van der Waals surface area contributed by atoms with E-state index in [-0.39, 0.29) is 17.4 Å². The second kappa shape index (κ2) is 5.54. The van der Waals surface area contributed by atoms with E-state index in [4.69, 9.17) is 16.1 Å². The van der Waals surface area contributed by atoms with Gasteiger partial charge in [-0.15, -0.1) is 11.6 Å². The van der Waals surface area contributed by atoms with Gasteiger partial charge in [0.1, 0.15) is 5.76 Å². The van der Waals surface area contributed by atoms with E-state index in [9.17, 15) is 4.79 Å². The molecule has 1 heterocycles. The van der Waals surface area contributed by atoms with Gasteiger partial charge in [-0.1, -0.05) is 25.9 Å². The van der Waals surface area contributed by atoms with Crippen LogP contribution in [0.1, 0.15) is 43.4 Å². The number of carbonyl (C=O) groups excluding carboxylic acids is 1. The Hall–Kier alpha value is -1.03. The number of nitrogens with zero attached hydrogens (tertiary/aromatic N) is 1. The van der Waals surface area contributed by atoms with Crippen LogP contribution in [0, 0.1) is 12.3 Å². The Morgan fingerprint density at radius 1 is 1.59 bits per heavy atom. The van der Waals surface area contributed by atoms with Gasteiger partial charge in [-0.3, -0.25) is 4.79 Å². The van der Waals surface area contributed by atoms with Crippen molar-refractivity contribution in [3.8, 4) is 0 Å². The van der Waals surface area contributed by atoms with Gasteiger partial charge in [0.25, 0.3) is 5.91 Å². The van der Waals surface area contributed by atoms with Crippen LogP contribution in [0.25, 0.3) is 0 Å². The largest absolute Gasteiger partial charge is 0.361 e. The lowest BCUT2D eigenvalue weighted by molar-refractivity contribution is 0.0891. The zero-order chi connectivity index (χ0) is 13.1. The van der Waals surface area contributed by atoms with Crippen molar-refractivity contribution >= 4 is 17.5 Å². The highest BCUT2D eigenvalue weighted by molar-refractivity contribution is 6.17. The maximum Gasteiger partial charge on any atom is 0.273 e. The number of nitrogens with one attached hydrogen (secondary N) is 1. The molecule has 0 aliphatic rings. The number of aryl methyl sites for hydroxylation is 1. The normalized spacial score (nSPS) is 13.5. The summed E-state index contributed by atoms with van der Waals surface area (Å²) in [5, 5.41) is 6.63. The van der Waals surface area contributed by atoms with Crippen LogP contribution in [0.3, 0.4) is 0 Å². The van der Waals surface area contributed by atoms with Gasteiger partial charge in [0.2, 0.25) is 0 Å². The molecule has 1 aromatic heterocycles. The number of alkyl halides is 1. The van der Waals surface area contributed by atoms with E-state index < -0.39 is 0 Å². The minimum absolute atomic E-state index is 0.0181. The highest BCUT2D eigenvalue weighted by Gasteiger charge is 2.26. The van der Waals surface area contributed by atoms with Crippen LogP contribution in [0.2, 0.25) is 0 Å². The van der Waals surface area contributed by atoms with Gasteiger partial charge in [0.05, 0.1) is 0 Å². The molecule has 0 saturated carbocycles. The summed E-state index contributed by atoms with van der Waals surface area (Å²) in [6.07, 6.45) is 0.730. The van der Waals surface area contributed by atoms with Crippen molar-refractivity contribution < 1.29 is 9.32 Å². The Kier molecular flexibility index (Phi) is 4.57. The lowest BCUT2D eigenvalue weighted by atomic mass is 9.85. The molecule has 17 heavy (non-hydrogen) atoms.